The number of aromatic nitrogens is 3. The fourth-order valence-electron chi connectivity index (χ4n) is 3.43. The molecule has 0 aliphatic carbocycles. The van der Waals surface area contributed by atoms with Gasteiger partial charge in [-0.05, 0) is 61.9 Å². The molecule has 0 saturated carbocycles. The van der Waals surface area contributed by atoms with Crippen LogP contribution in [-0.2, 0) is 0 Å². The monoisotopic (exact) mass is 373 g/mol. The SMILES string of the molecule is COc1ccc(-c2cc3c(N(N)c4ccccc4)ncnc3n2C(C)C)cc1. The molecule has 6 heteroatoms. The number of ether oxygens (including phenoxy) is 1. The molecule has 0 aliphatic rings. The van der Waals surface area contributed by atoms with E-state index in [1.54, 1.807) is 18.4 Å². The Morgan fingerprint density at radius 1 is 1.00 bits per heavy atom. The zero-order chi connectivity index (χ0) is 19.7. The standard InChI is InChI=1S/C22H23N5O/c1-15(2)26-20(16-9-11-18(28-3)12-10-16)13-19-21(26)24-14-25-22(19)27(23)17-7-5-4-6-8-17/h4-15H,23H2,1-3H3. The summed E-state index contributed by atoms with van der Waals surface area (Å²) in [6, 6.07) is 20.1. The van der Waals surface area contributed by atoms with E-state index >= 15 is 0 Å². The molecule has 0 spiro atoms. The summed E-state index contributed by atoms with van der Waals surface area (Å²) < 4.78 is 7.50. The topological polar surface area (TPSA) is 69.2 Å². The van der Waals surface area contributed by atoms with Gasteiger partial charge in [-0.15, -0.1) is 0 Å². The number of hydrogen-bond acceptors (Lipinski definition) is 5. The predicted molar refractivity (Wildman–Crippen MR) is 113 cm³/mol. The predicted octanol–water partition coefficient (Wildman–Crippen LogP) is 4.70. The van der Waals surface area contributed by atoms with E-state index in [2.05, 4.69) is 46.6 Å². The summed E-state index contributed by atoms with van der Waals surface area (Å²) in [4.78, 5) is 9.04. The van der Waals surface area contributed by atoms with Crippen LogP contribution in [0.3, 0.4) is 0 Å². The van der Waals surface area contributed by atoms with Crippen LogP contribution < -0.4 is 15.6 Å². The van der Waals surface area contributed by atoms with Gasteiger partial charge in [0.05, 0.1) is 23.9 Å². The summed E-state index contributed by atoms with van der Waals surface area (Å²) in [7, 11) is 1.67. The van der Waals surface area contributed by atoms with Crippen LogP contribution in [0.15, 0.2) is 67.0 Å². The molecule has 6 nitrogen and oxygen atoms in total. The van der Waals surface area contributed by atoms with Gasteiger partial charge in [0.25, 0.3) is 0 Å². The zero-order valence-corrected chi connectivity index (χ0v) is 16.2. The molecule has 0 saturated heterocycles. The first kappa shape index (κ1) is 18.0. The summed E-state index contributed by atoms with van der Waals surface area (Å²) >= 11 is 0. The maximum atomic E-state index is 6.41. The number of methoxy groups -OCH3 is 1. The number of rotatable bonds is 5. The maximum absolute atomic E-state index is 6.41. The summed E-state index contributed by atoms with van der Waals surface area (Å²) in [6.45, 7) is 4.29. The Kier molecular flexibility index (Phi) is 4.71. The van der Waals surface area contributed by atoms with Crippen LogP contribution in [0, 0.1) is 0 Å². The lowest BCUT2D eigenvalue weighted by Crippen LogP contribution is -2.26. The van der Waals surface area contributed by atoms with E-state index in [4.69, 9.17) is 10.6 Å². The van der Waals surface area contributed by atoms with Crippen LogP contribution in [0.4, 0.5) is 11.5 Å². The third-order valence-corrected chi connectivity index (χ3v) is 4.78. The van der Waals surface area contributed by atoms with Crippen LogP contribution in [0.1, 0.15) is 19.9 Å². The van der Waals surface area contributed by atoms with Crippen molar-refractivity contribution in [1.82, 2.24) is 14.5 Å². The average Bonchev–Trinajstić information content (AvgIpc) is 3.14. The number of benzene rings is 2. The van der Waals surface area contributed by atoms with Crippen molar-refractivity contribution in [2.45, 2.75) is 19.9 Å². The quantitative estimate of drug-likeness (QED) is 0.406. The lowest BCUT2D eigenvalue weighted by atomic mass is 10.1. The Morgan fingerprint density at radius 2 is 1.71 bits per heavy atom. The first-order chi connectivity index (χ1) is 13.6. The molecule has 2 N–H and O–H groups in total. The van der Waals surface area contributed by atoms with Gasteiger partial charge in [0, 0.05) is 6.04 Å². The van der Waals surface area contributed by atoms with Crippen LogP contribution >= 0.6 is 0 Å². The van der Waals surface area contributed by atoms with Crippen molar-refractivity contribution in [2.24, 2.45) is 5.84 Å². The molecule has 2 aromatic carbocycles. The Balaban J connectivity index is 1.91. The number of nitrogens with zero attached hydrogens (tertiary/aromatic N) is 4. The summed E-state index contributed by atoms with van der Waals surface area (Å²) in [5.74, 6) is 7.91. The van der Waals surface area contributed by atoms with Crippen molar-refractivity contribution in [2.75, 3.05) is 12.1 Å². The molecule has 4 rings (SSSR count). The van der Waals surface area contributed by atoms with Gasteiger partial charge < -0.3 is 9.30 Å². The third kappa shape index (κ3) is 3.08. The van der Waals surface area contributed by atoms with E-state index < -0.39 is 0 Å². The van der Waals surface area contributed by atoms with Crippen LogP contribution in [-0.4, -0.2) is 21.6 Å². The van der Waals surface area contributed by atoms with E-state index in [9.17, 15) is 0 Å². The van der Waals surface area contributed by atoms with Crippen molar-refractivity contribution in [3.63, 3.8) is 0 Å². The van der Waals surface area contributed by atoms with Crippen LogP contribution in [0.2, 0.25) is 0 Å². The molecule has 0 amide bonds. The second-order valence-corrected chi connectivity index (χ2v) is 6.86. The normalized spacial score (nSPS) is 11.2. The molecule has 0 radical (unpaired) electrons. The smallest absolute Gasteiger partial charge is 0.160 e. The fraction of sp³-hybridized carbons (Fsp3) is 0.182. The second kappa shape index (κ2) is 7.32. The molecular formula is C22H23N5O. The largest absolute Gasteiger partial charge is 0.497 e. The molecule has 0 bridgehead atoms. The summed E-state index contributed by atoms with van der Waals surface area (Å²) in [5.41, 5.74) is 3.88. The number of para-hydroxylation sites is 1. The summed E-state index contributed by atoms with van der Waals surface area (Å²) in [6.07, 6.45) is 1.57. The molecule has 2 heterocycles. The number of hydrogen-bond donors (Lipinski definition) is 1. The van der Waals surface area contributed by atoms with Gasteiger partial charge in [0.1, 0.15) is 17.7 Å². The highest BCUT2D eigenvalue weighted by Gasteiger charge is 2.19. The second-order valence-electron chi connectivity index (χ2n) is 6.86. The van der Waals surface area contributed by atoms with Crippen LogP contribution in [0.5, 0.6) is 5.75 Å². The molecule has 0 unspecified atom stereocenters. The highest BCUT2D eigenvalue weighted by atomic mass is 16.5. The average molecular weight is 373 g/mol. The number of anilines is 2. The van der Waals surface area contributed by atoms with Gasteiger partial charge in [-0.1, -0.05) is 18.2 Å². The van der Waals surface area contributed by atoms with Crippen molar-refractivity contribution >= 4 is 22.5 Å². The highest BCUT2D eigenvalue weighted by Crippen LogP contribution is 2.35. The van der Waals surface area contributed by atoms with Crippen molar-refractivity contribution < 1.29 is 4.74 Å². The van der Waals surface area contributed by atoms with E-state index in [1.807, 2.05) is 42.5 Å². The van der Waals surface area contributed by atoms with Crippen molar-refractivity contribution in [3.05, 3.63) is 67.0 Å². The molecule has 0 atom stereocenters. The van der Waals surface area contributed by atoms with Gasteiger partial charge in [-0.2, -0.15) is 0 Å². The van der Waals surface area contributed by atoms with Gasteiger partial charge in [-0.25, -0.2) is 15.8 Å². The third-order valence-electron chi connectivity index (χ3n) is 4.78. The molecule has 0 aliphatic heterocycles. The Bertz CT molecular complexity index is 1090. The Labute approximate surface area is 164 Å². The molecule has 2 aromatic heterocycles. The lowest BCUT2D eigenvalue weighted by molar-refractivity contribution is 0.415. The molecular weight excluding hydrogens is 350 g/mol. The fourth-order valence-corrected chi connectivity index (χ4v) is 3.43. The maximum Gasteiger partial charge on any atom is 0.160 e. The van der Waals surface area contributed by atoms with Gasteiger partial charge >= 0.3 is 0 Å². The number of nitrogens with two attached hydrogens (primary N) is 1. The van der Waals surface area contributed by atoms with E-state index in [0.29, 0.717) is 5.82 Å². The number of fused-ring (bicyclic) bond motifs is 1. The van der Waals surface area contributed by atoms with Crippen molar-refractivity contribution in [1.29, 1.82) is 0 Å². The lowest BCUT2D eigenvalue weighted by Gasteiger charge is -2.18. The minimum Gasteiger partial charge on any atom is -0.497 e. The summed E-state index contributed by atoms with van der Waals surface area (Å²) in [5, 5.41) is 2.51. The first-order valence-electron chi connectivity index (χ1n) is 9.20. The molecule has 142 valence electrons. The van der Waals surface area contributed by atoms with E-state index in [-0.39, 0.29) is 6.04 Å². The van der Waals surface area contributed by atoms with Gasteiger partial charge in [-0.3, -0.25) is 5.01 Å². The highest BCUT2D eigenvalue weighted by molar-refractivity contribution is 5.94. The molecule has 0 fully saturated rings. The van der Waals surface area contributed by atoms with Crippen LogP contribution in [0.25, 0.3) is 22.3 Å². The number of hydrazine groups is 1. The Morgan fingerprint density at radius 3 is 2.36 bits per heavy atom. The van der Waals surface area contributed by atoms with Gasteiger partial charge in [0.15, 0.2) is 5.82 Å². The molecule has 4 aromatic rings. The molecule has 28 heavy (non-hydrogen) atoms. The Hall–Kier alpha value is -3.38. The van der Waals surface area contributed by atoms with E-state index in [0.717, 1.165) is 33.7 Å². The van der Waals surface area contributed by atoms with E-state index in [1.165, 1.54) is 0 Å². The minimum absolute atomic E-state index is 0.223. The zero-order valence-electron chi connectivity index (χ0n) is 16.2. The van der Waals surface area contributed by atoms with Gasteiger partial charge in [0.2, 0.25) is 0 Å². The first-order valence-corrected chi connectivity index (χ1v) is 9.20. The van der Waals surface area contributed by atoms with Crippen molar-refractivity contribution in [3.8, 4) is 17.0 Å². The minimum atomic E-state index is 0.223.